The van der Waals surface area contributed by atoms with E-state index in [0.717, 1.165) is 37.4 Å². The average molecular weight is 414 g/mol. The molecule has 0 unspecified atom stereocenters. The minimum absolute atomic E-state index is 0.0493. The Morgan fingerprint density at radius 1 is 1.15 bits per heavy atom. The summed E-state index contributed by atoms with van der Waals surface area (Å²) in [6.07, 6.45) is 3.14. The molecule has 1 N–H and O–H groups in total. The van der Waals surface area contributed by atoms with E-state index in [-0.39, 0.29) is 24.1 Å². The van der Waals surface area contributed by atoms with Crippen LogP contribution >= 0.6 is 11.3 Å². The lowest BCUT2D eigenvalue weighted by atomic mass is 9.97. The van der Waals surface area contributed by atoms with Crippen molar-refractivity contribution in [2.24, 2.45) is 5.92 Å². The van der Waals surface area contributed by atoms with Gasteiger partial charge in [0.15, 0.2) is 0 Å². The molecule has 2 amide bonds. The molecule has 3 heterocycles. The van der Waals surface area contributed by atoms with Gasteiger partial charge in [-0.25, -0.2) is 13.1 Å². The van der Waals surface area contributed by atoms with Crippen molar-refractivity contribution in [2.45, 2.75) is 38.6 Å². The predicted molar refractivity (Wildman–Crippen MR) is 105 cm³/mol. The van der Waals surface area contributed by atoms with Crippen LogP contribution in [0.4, 0.5) is 0 Å². The number of piperidine rings is 2. The highest BCUT2D eigenvalue weighted by Crippen LogP contribution is 2.20. The number of thiophene rings is 1. The molecule has 2 saturated heterocycles. The summed E-state index contributed by atoms with van der Waals surface area (Å²) in [5.74, 6) is -0.418. The molecule has 2 fully saturated rings. The van der Waals surface area contributed by atoms with Crippen LogP contribution in [0.25, 0.3) is 0 Å². The number of nitrogens with zero attached hydrogens (tertiary/aromatic N) is 2. The summed E-state index contributed by atoms with van der Waals surface area (Å²) < 4.78 is 27.1. The molecular weight excluding hydrogens is 386 g/mol. The van der Waals surface area contributed by atoms with Crippen LogP contribution in [0.15, 0.2) is 17.5 Å². The fraction of sp³-hybridized carbons (Fsp3) is 0.667. The number of rotatable bonds is 8. The Labute approximate surface area is 164 Å². The fourth-order valence-corrected chi connectivity index (χ4v) is 5.35. The van der Waals surface area contributed by atoms with E-state index in [1.807, 2.05) is 0 Å². The Bertz CT molecular complexity index is 725. The molecule has 150 valence electrons. The zero-order chi connectivity index (χ0) is 19.3. The maximum atomic E-state index is 12.2. The third-order valence-corrected chi connectivity index (χ3v) is 7.41. The van der Waals surface area contributed by atoms with Gasteiger partial charge in [0.2, 0.25) is 21.8 Å². The van der Waals surface area contributed by atoms with E-state index in [2.05, 4.69) is 27.1 Å². The average Bonchev–Trinajstić information content (AvgIpc) is 3.14. The molecule has 1 aromatic heterocycles. The number of hydrogen-bond donors (Lipinski definition) is 1. The van der Waals surface area contributed by atoms with Crippen molar-refractivity contribution in [3.8, 4) is 0 Å². The van der Waals surface area contributed by atoms with Gasteiger partial charge in [0, 0.05) is 37.4 Å². The van der Waals surface area contributed by atoms with Gasteiger partial charge < -0.3 is 0 Å². The topological polar surface area (TPSA) is 86.8 Å². The molecule has 9 heteroatoms. The molecule has 0 saturated carbocycles. The fourth-order valence-electron chi connectivity index (χ4n) is 3.55. The van der Waals surface area contributed by atoms with E-state index in [9.17, 15) is 18.0 Å². The van der Waals surface area contributed by atoms with E-state index in [4.69, 9.17) is 0 Å². The van der Waals surface area contributed by atoms with Crippen LogP contribution in [-0.2, 0) is 26.2 Å². The Kier molecular flexibility index (Phi) is 7.02. The highest BCUT2D eigenvalue weighted by Gasteiger charge is 2.27. The number of hydrogen-bond acceptors (Lipinski definition) is 6. The van der Waals surface area contributed by atoms with Crippen molar-refractivity contribution in [3.05, 3.63) is 22.4 Å². The Morgan fingerprint density at radius 2 is 1.85 bits per heavy atom. The van der Waals surface area contributed by atoms with Crippen molar-refractivity contribution in [1.82, 2.24) is 14.5 Å². The van der Waals surface area contributed by atoms with Gasteiger partial charge in [0.25, 0.3) is 0 Å². The lowest BCUT2D eigenvalue weighted by Crippen LogP contribution is -2.44. The van der Waals surface area contributed by atoms with Crippen molar-refractivity contribution in [1.29, 1.82) is 0 Å². The van der Waals surface area contributed by atoms with Gasteiger partial charge in [-0.05, 0) is 49.7 Å². The van der Waals surface area contributed by atoms with Crippen LogP contribution in [0.2, 0.25) is 0 Å². The smallest absolute Gasteiger partial charge is 0.229 e. The molecule has 7 nitrogen and oxygen atoms in total. The third-order valence-electron chi connectivity index (χ3n) is 5.23. The van der Waals surface area contributed by atoms with E-state index in [0.29, 0.717) is 31.7 Å². The van der Waals surface area contributed by atoms with Gasteiger partial charge in [-0.3, -0.25) is 19.4 Å². The summed E-state index contributed by atoms with van der Waals surface area (Å²) in [6, 6.07) is 4.20. The van der Waals surface area contributed by atoms with E-state index < -0.39 is 10.0 Å². The first-order chi connectivity index (χ1) is 12.9. The number of imide groups is 1. The summed E-state index contributed by atoms with van der Waals surface area (Å²) in [4.78, 5) is 28.4. The molecule has 0 aliphatic carbocycles. The Hall–Kier alpha value is -1.29. The molecule has 0 atom stereocenters. The molecule has 3 rings (SSSR count). The first kappa shape index (κ1) is 20.4. The zero-order valence-electron chi connectivity index (χ0n) is 15.4. The van der Waals surface area contributed by atoms with Crippen LogP contribution in [0.5, 0.6) is 0 Å². The highest BCUT2D eigenvalue weighted by molar-refractivity contribution is 7.89. The van der Waals surface area contributed by atoms with Crippen LogP contribution in [0.3, 0.4) is 0 Å². The largest absolute Gasteiger partial charge is 0.298 e. The maximum Gasteiger partial charge on any atom is 0.229 e. The monoisotopic (exact) mass is 413 g/mol. The number of nitrogens with one attached hydrogen (secondary N) is 1. The summed E-state index contributed by atoms with van der Waals surface area (Å²) in [7, 11) is -3.49. The van der Waals surface area contributed by atoms with E-state index in [1.54, 1.807) is 11.3 Å². The zero-order valence-corrected chi connectivity index (χ0v) is 17.1. The van der Waals surface area contributed by atoms with Crippen LogP contribution in [0.1, 0.15) is 37.0 Å². The third kappa shape index (κ3) is 6.10. The first-order valence-corrected chi connectivity index (χ1v) is 12.0. The lowest BCUT2D eigenvalue weighted by molar-refractivity contribution is -0.147. The lowest BCUT2D eigenvalue weighted by Gasteiger charge is -2.31. The SMILES string of the molecule is O=C1CCCC(=O)N1CCS(=O)(=O)NCC1CCN(Cc2cccs2)CC1. The first-order valence-electron chi connectivity index (χ1n) is 9.48. The van der Waals surface area contributed by atoms with Crippen LogP contribution in [-0.4, -0.2) is 62.0 Å². The second-order valence-corrected chi connectivity index (χ2v) is 10.2. The quantitative estimate of drug-likeness (QED) is 0.652. The second-order valence-electron chi connectivity index (χ2n) is 7.26. The molecule has 0 spiro atoms. The summed E-state index contributed by atoms with van der Waals surface area (Å²) in [6.45, 7) is 3.29. The van der Waals surface area contributed by atoms with Crippen molar-refractivity contribution in [3.63, 3.8) is 0 Å². The van der Waals surface area contributed by atoms with Gasteiger partial charge in [-0.15, -0.1) is 11.3 Å². The maximum absolute atomic E-state index is 12.2. The normalized spacial score (nSPS) is 20.4. The molecule has 0 aromatic carbocycles. The molecular formula is C18H27N3O4S2. The Morgan fingerprint density at radius 3 is 2.48 bits per heavy atom. The Balaban J connectivity index is 1.37. The summed E-state index contributed by atoms with van der Waals surface area (Å²) >= 11 is 1.76. The number of likely N-dealkylation sites (tertiary alicyclic amines) is 2. The predicted octanol–water partition coefficient (Wildman–Crippen LogP) is 1.42. The molecule has 1 aromatic rings. The van der Waals surface area contributed by atoms with Crippen LogP contribution in [0, 0.1) is 5.92 Å². The van der Waals surface area contributed by atoms with Gasteiger partial charge in [-0.1, -0.05) is 6.07 Å². The van der Waals surface area contributed by atoms with Gasteiger partial charge in [-0.2, -0.15) is 0 Å². The molecule has 2 aliphatic rings. The molecule has 0 radical (unpaired) electrons. The molecule has 27 heavy (non-hydrogen) atoms. The van der Waals surface area contributed by atoms with Gasteiger partial charge in [0.05, 0.1) is 5.75 Å². The van der Waals surface area contributed by atoms with Gasteiger partial charge >= 0.3 is 0 Å². The van der Waals surface area contributed by atoms with Crippen LogP contribution < -0.4 is 4.72 Å². The molecule has 2 aliphatic heterocycles. The number of sulfonamides is 1. The molecule has 0 bridgehead atoms. The van der Waals surface area contributed by atoms with Crippen molar-refractivity contribution < 1.29 is 18.0 Å². The van der Waals surface area contributed by atoms with E-state index in [1.165, 1.54) is 4.88 Å². The van der Waals surface area contributed by atoms with Crippen molar-refractivity contribution >= 4 is 33.2 Å². The van der Waals surface area contributed by atoms with Gasteiger partial charge in [0.1, 0.15) is 0 Å². The number of amides is 2. The number of carbonyl (C=O) groups excluding carboxylic acids is 2. The summed E-state index contributed by atoms with van der Waals surface area (Å²) in [5, 5.41) is 2.09. The highest BCUT2D eigenvalue weighted by atomic mass is 32.2. The van der Waals surface area contributed by atoms with Crippen molar-refractivity contribution in [2.75, 3.05) is 31.9 Å². The second kappa shape index (κ2) is 9.27. The standard InChI is InChI=1S/C18H27N3O4S2/c22-17-4-1-5-18(23)21(17)10-12-27(24,25)19-13-15-6-8-20(9-7-15)14-16-3-2-11-26-16/h2-3,11,15,19H,1,4-10,12-14H2. The van der Waals surface area contributed by atoms with E-state index >= 15 is 0 Å². The minimum atomic E-state index is -3.49. The number of carbonyl (C=O) groups is 2. The minimum Gasteiger partial charge on any atom is -0.298 e. The summed E-state index contributed by atoms with van der Waals surface area (Å²) in [5.41, 5.74) is 0.